The van der Waals surface area contributed by atoms with Crippen molar-refractivity contribution in [1.29, 1.82) is 0 Å². The van der Waals surface area contributed by atoms with Crippen molar-refractivity contribution in [3.05, 3.63) is 93.4 Å². The zero-order valence-electron chi connectivity index (χ0n) is 16.5. The number of hydrogen-bond donors (Lipinski definition) is 2. The van der Waals surface area contributed by atoms with Crippen LogP contribution in [-0.2, 0) is 6.42 Å². The fourth-order valence-corrected chi connectivity index (χ4v) is 3.35. The molecule has 1 aliphatic rings. The number of aromatic nitrogens is 2. The summed E-state index contributed by atoms with van der Waals surface area (Å²) in [7, 11) is 1.54. The standard InChI is InChI=1S/C23H22FN3O3/c1-30-19-4-2-3-16(11-19)23(29)26-20(14-7-9-17(24)10-8-14)12-18-13-21(28)27-22(25-18)15-5-6-15/h2-4,7-11,13,15,20H,5-6,12H2,1H3,(H,26,29)(H,25,27,28)/t20-/m0/s1. The molecular weight excluding hydrogens is 385 g/mol. The van der Waals surface area contributed by atoms with Gasteiger partial charge in [0.2, 0.25) is 0 Å². The molecule has 7 heteroatoms. The van der Waals surface area contributed by atoms with Crippen molar-refractivity contribution in [2.75, 3.05) is 7.11 Å². The summed E-state index contributed by atoms with van der Waals surface area (Å²) in [6.07, 6.45) is 2.34. The summed E-state index contributed by atoms with van der Waals surface area (Å²) in [6, 6.07) is 13.7. The van der Waals surface area contributed by atoms with E-state index in [0.717, 1.165) is 18.4 Å². The Balaban J connectivity index is 1.62. The molecule has 30 heavy (non-hydrogen) atoms. The molecule has 0 spiro atoms. The van der Waals surface area contributed by atoms with Crippen molar-refractivity contribution >= 4 is 5.91 Å². The van der Waals surface area contributed by atoms with Crippen LogP contribution in [-0.4, -0.2) is 23.0 Å². The van der Waals surface area contributed by atoms with Crippen LogP contribution in [0.2, 0.25) is 0 Å². The highest BCUT2D eigenvalue weighted by Crippen LogP contribution is 2.37. The predicted octanol–water partition coefficient (Wildman–Crippen LogP) is 3.51. The molecule has 0 saturated heterocycles. The van der Waals surface area contributed by atoms with Gasteiger partial charge in [-0.15, -0.1) is 0 Å². The average molecular weight is 407 g/mol. The van der Waals surface area contributed by atoms with Crippen molar-refractivity contribution < 1.29 is 13.9 Å². The van der Waals surface area contributed by atoms with E-state index in [1.807, 2.05) is 0 Å². The maximum Gasteiger partial charge on any atom is 0.251 e. The molecule has 4 rings (SSSR count). The second kappa shape index (κ2) is 8.49. The molecule has 1 saturated carbocycles. The first kappa shape index (κ1) is 19.8. The molecule has 2 aromatic carbocycles. The Labute approximate surface area is 173 Å². The van der Waals surface area contributed by atoms with Crippen LogP contribution in [0, 0.1) is 5.82 Å². The van der Waals surface area contributed by atoms with Gasteiger partial charge in [0.1, 0.15) is 17.4 Å². The van der Waals surface area contributed by atoms with Crippen molar-refractivity contribution in [2.24, 2.45) is 0 Å². The van der Waals surface area contributed by atoms with Gasteiger partial charge in [0.05, 0.1) is 18.8 Å². The number of ether oxygens (including phenoxy) is 1. The topological polar surface area (TPSA) is 84.1 Å². The van der Waals surface area contributed by atoms with Crippen LogP contribution in [0.15, 0.2) is 59.4 Å². The molecule has 1 fully saturated rings. The van der Waals surface area contributed by atoms with E-state index in [-0.39, 0.29) is 17.3 Å². The molecule has 0 bridgehead atoms. The van der Waals surface area contributed by atoms with Gasteiger partial charge in [0.25, 0.3) is 11.5 Å². The second-order valence-electron chi connectivity index (χ2n) is 7.41. The zero-order valence-corrected chi connectivity index (χ0v) is 16.5. The molecule has 1 aliphatic carbocycles. The lowest BCUT2D eigenvalue weighted by Gasteiger charge is -2.19. The van der Waals surface area contributed by atoms with E-state index in [9.17, 15) is 14.0 Å². The summed E-state index contributed by atoms with van der Waals surface area (Å²) in [5.74, 6) is 0.909. The van der Waals surface area contributed by atoms with Crippen molar-refractivity contribution in [1.82, 2.24) is 15.3 Å². The van der Waals surface area contributed by atoms with E-state index < -0.39 is 6.04 Å². The van der Waals surface area contributed by atoms with Crippen LogP contribution in [0.5, 0.6) is 5.75 Å². The Morgan fingerprint density at radius 1 is 1.23 bits per heavy atom. The van der Waals surface area contributed by atoms with Gasteiger partial charge < -0.3 is 15.0 Å². The van der Waals surface area contributed by atoms with Crippen LogP contribution < -0.4 is 15.6 Å². The molecule has 1 heterocycles. The lowest BCUT2D eigenvalue weighted by molar-refractivity contribution is 0.0936. The third kappa shape index (κ3) is 4.74. The van der Waals surface area contributed by atoms with Gasteiger partial charge in [-0.05, 0) is 48.7 Å². The molecule has 0 unspecified atom stereocenters. The highest BCUT2D eigenvalue weighted by molar-refractivity contribution is 5.94. The van der Waals surface area contributed by atoms with Gasteiger partial charge >= 0.3 is 0 Å². The van der Waals surface area contributed by atoms with Gasteiger partial charge in [-0.25, -0.2) is 9.37 Å². The Morgan fingerprint density at radius 2 is 2.00 bits per heavy atom. The normalized spacial score (nSPS) is 14.2. The first-order valence-corrected chi connectivity index (χ1v) is 9.82. The lowest BCUT2D eigenvalue weighted by atomic mass is 10.0. The van der Waals surface area contributed by atoms with Crippen LogP contribution in [0.4, 0.5) is 4.39 Å². The van der Waals surface area contributed by atoms with Crippen LogP contribution >= 0.6 is 0 Å². The maximum absolute atomic E-state index is 13.4. The van der Waals surface area contributed by atoms with Crippen molar-refractivity contribution in [2.45, 2.75) is 31.2 Å². The Hall–Kier alpha value is -3.48. The number of halogens is 1. The van der Waals surface area contributed by atoms with Crippen LogP contribution in [0.25, 0.3) is 0 Å². The largest absolute Gasteiger partial charge is 0.497 e. The molecule has 154 valence electrons. The van der Waals surface area contributed by atoms with E-state index in [4.69, 9.17) is 4.74 Å². The van der Waals surface area contributed by atoms with Gasteiger partial charge in [-0.2, -0.15) is 0 Å². The van der Waals surface area contributed by atoms with Crippen molar-refractivity contribution in [3.8, 4) is 5.75 Å². The lowest BCUT2D eigenvalue weighted by Crippen LogP contribution is -2.30. The van der Waals surface area contributed by atoms with E-state index in [1.165, 1.54) is 25.3 Å². The summed E-state index contributed by atoms with van der Waals surface area (Å²) in [4.78, 5) is 32.3. The van der Waals surface area contributed by atoms with E-state index >= 15 is 0 Å². The number of H-pyrrole nitrogens is 1. The first-order valence-electron chi connectivity index (χ1n) is 9.82. The van der Waals surface area contributed by atoms with Gasteiger partial charge in [0.15, 0.2) is 0 Å². The van der Waals surface area contributed by atoms with Gasteiger partial charge in [0, 0.05) is 24.0 Å². The second-order valence-corrected chi connectivity index (χ2v) is 7.41. The minimum absolute atomic E-state index is 0.209. The Bertz CT molecular complexity index is 1110. The molecule has 1 atom stereocenters. The van der Waals surface area contributed by atoms with Crippen molar-refractivity contribution in [3.63, 3.8) is 0 Å². The van der Waals surface area contributed by atoms with E-state index in [0.29, 0.717) is 35.2 Å². The molecule has 1 aromatic heterocycles. The monoisotopic (exact) mass is 407 g/mol. The smallest absolute Gasteiger partial charge is 0.251 e. The van der Waals surface area contributed by atoms with E-state index in [1.54, 1.807) is 36.4 Å². The highest BCUT2D eigenvalue weighted by atomic mass is 19.1. The maximum atomic E-state index is 13.4. The Morgan fingerprint density at radius 3 is 2.70 bits per heavy atom. The number of carbonyl (C=O) groups is 1. The molecule has 0 aliphatic heterocycles. The number of methoxy groups -OCH3 is 1. The quantitative estimate of drug-likeness (QED) is 0.628. The summed E-state index contributed by atoms with van der Waals surface area (Å²) in [5.41, 5.74) is 1.54. The third-order valence-electron chi connectivity index (χ3n) is 5.10. The first-order chi connectivity index (χ1) is 14.5. The summed E-state index contributed by atoms with van der Waals surface area (Å²) in [5, 5.41) is 2.98. The SMILES string of the molecule is COc1cccc(C(=O)N[C@@H](Cc2cc(=O)[nH]c(C3CC3)n2)c2ccc(F)cc2)c1. The highest BCUT2D eigenvalue weighted by Gasteiger charge is 2.27. The average Bonchev–Trinajstić information content (AvgIpc) is 3.59. The minimum atomic E-state index is -0.481. The molecule has 0 radical (unpaired) electrons. The minimum Gasteiger partial charge on any atom is -0.497 e. The number of hydrogen-bond acceptors (Lipinski definition) is 4. The van der Waals surface area contributed by atoms with Crippen LogP contribution in [0.1, 0.15) is 52.2 Å². The fraction of sp³-hybridized carbons (Fsp3) is 0.261. The number of nitrogens with zero attached hydrogens (tertiary/aromatic N) is 1. The number of aromatic amines is 1. The number of carbonyl (C=O) groups excluding carboxylic acids is 1. The van der Waals surface area contributed by atoms with E-state index in [2.05, 4.69) is 15.3 Å². The molecule has 1 amide bonds. The fourth-order valence-electron chi connectivity index (χ4n) is 3.35. The van der Waals surface area contributed by atoms with Gasteiger partial charge in [-0.1, -0.05) is 18.2 Å². The van der Waals surface area contributed by atoms with Gasteiger partial charge in [-0.3, -0.25) is 9.59 Å². The molecule has 2 N–H and O–H groups in total. The zero-order chi connectivity index (χ0) is 21.1. The van der Waals surface area contributed by atoms with Crippen LogP contribution in [0.3, 0.4) is 0 Å². The number of benzene rings is 2. The number of nitrogens with one attached hydrogen (secondary N) is 2. The Kier molecular flexibility index (Phi) is 5.61. The molecule has 6 nitrogen and oxygen atoms in total. The number of amides is 1. The summed E-state index contributed by atoms with van der Waals surface area (Å²) >= 11 is 0. The molecule has 3 aromatic rings. The summed E-state index contributed by atoms with van der Waals surface area (Å²) in [6.45, 7) is 0. The summed E-state index contributed by atoms with van der Waals surface area (Å²) < 4.78 is 18.6. The number of rotatable bonds is 7. The predicted molar refractivity (Wildman–Crippen MR) is 110 cm³/mol. The third-order valence-corrected chi connectivity index (χ3v) is 5.10. The molecular formula is C23H22FN3O3.